The fraction of sp³-hybridized carbons (Fsp3) is 1.00. The first kappa shape index (κ1) is 13.3. The van der Waals surface area contributed by atoms with Gasteiger partial charge < -0.3 is 5.11 Å². The zero-order valence-electron chi connectivity index (χ0n) is 10.5. The van der Waals surface area contributed by atoms with Gasteiger partial charge in [0.1, 0.15) is 0 Å². The fourth-order valence-electron chi connectivity index (χ4n) is 2.61. The topological polar surface area (TPSA) is 57.6 Å². The number of sulfonamides is 1. The van der Waals surface area contributed by atoms with Crippen molar-refractivity contribution in [3.63, 3.8) is 0 Å². The van der Waals surface area contributed by atoms with Gasteiger partial charge in [0, 0.05) is 13.6 Å². The van der Waals surface area contributed by atoms with E-state index in [4.69, 9.17) is 0 Å². The molecule has 100 valence electrons. The van der Waals surface area contributed by atoms with E-state index in [0.717, 1.165) is 38.5 Å². The van der Waals surface area contributed by atoms with Crippen LogP contribution in [0.5, 0.6) is 0 Å². The minimum atomic E-state index is -3.17. The van der Waals surface area contributed by atoms with Gasteiger partial charge in [-0.15, -0.1) is 0 Å². The van der Waals surface area contributed by atoms with E-state index in [2.05, 4.69) is 0 Å². The maximum atomic E-state index is 12.1. The number of likely N-dealkylation sites (N-methyl/N-ethyl adjacent to an activating group) is 1. The highest BCUT2D eigenvalue weighted by Crippen LogP contribution is 2.33. The van der Waals surface area contributed by atoms with E-state index in [1.54, 1.807) is 7.05 Å². The van der Waals surface area contributed by atoms with Crippen molar-refractivity contribution >= 4 is 10.0 Å². The lowest BCUT2D eigenvalue weighted by Crippen LogP contribution is -2.37. The lowest BCUT2D eigenvalue weighted by molar-refractivity contribution is 0.131. The quantitative estimate of drug-likeness (QED) is 0.782. The van der Waals surface area contributed by atoms with Crippen molar-refractivity contribution in [1.29, 1.82) is 0 Å². The molecule has 0 saturated heterocycles. The number of nitrogens with zero attached hydrogens (tertiary/aromatic N) is 1. The van der Waals surface area contributed by atoms with Crippen LogP contribution < -0.4 is 0 Å². The summed E-state index contributed by atoms with van der Waals surface area (Å²) in [6.45, 7) is 0.264. The number of aliphatic hydroxyl groups excluding tert-OH is 1. The van der Waals surface area contributed by atoms with Gasteiger partial charge in [0.15, 0.2) is 0 Å². The Morgan fingerprint density at radius 1 is 1.24 bits per heavy atom. The van der Waals surface area contributed by atoms with Crippen LogP contribution in [-0.2, 0) is 10.0 Å². The predicted octanol–water partition coefficient (Wildman–Crippen LogP) is 1.21. The SMILES string of the molecule is CN(CC(O)C1CC1)S(=O)(=O)CC1CCCC1. The lowest BCUT2D eigenvalue weighted by atomic mass is 10.1. The Morgan fingerprint density at radius 3 is 2.35 bits per heavy atom. The molecule has 5 heteroatoms. The van der Waals surface area contributed by atoms with Crippen molar-refractivity contribution in [2.75, 3.05) is 19.3 Å². The van der Waals surface area contributed by atoms with Gasteiger partial charge in [0.2, 0.25) is 10.0 Å². The van der Waals surface area contributed by atoms with Gasteiger partial charge in [-0.05, 0) is 37.5 Å². The second kappa shape index (κ2) is 5.24. The van der Waals surface area contributed by atoms with Crippen molar-refractivity contribution in [3.8, 4) is 0 Å². The zero-order valence-corrected chi connectivity index (χ0v) is 11.3. The first-order chi connectivity index (χ1) is 7.99. The van der Waals surface area contributed by atoms with Crippen LogP contribution in [0.3, 0.4) is 0 Å². The molecule has 0 bridgehead atoms. The van der Waals surface area contributed by atoms with E-state index >= 15 is 0 Å². The van der Waals surface area contributed by atoms with E-state index in [0.29, 0.717) is 11.8 Å². The van der Waals surface area contributed by atoms with Gasteiger partial charge in [0.05, 0.1) is 11.9 Å². The molecule has 2 saturated carbocycles. The van der Waals surface area contributed by atoms with Gasteiger partial charge >= 0.3 is 0 Å². The van der Waals surface area contributed by atoms with Gasteiger partial charge in [-0.3, -0.25) is 0 Å². The molecule has 2 fully saturated rings. The summed E-state index contributed by atoms with van der Waals surface area (Å²) >= 11 is 0. The van der Waals surface area contributed by atoms with Crippen molar-refractivity contribution in [2.45, 2.75) is 44.6 Å². The molecule has 17 heavy (non-hydrogen) atoms. The Balaban J connectivity index is 1.84. The Bertz CT molecular complexity index is 345. The van der Waals surface area contributed by atoms with Gasteiger partial charge in [-0.25, -0.2) is 12.7 Å². The first-order valence-electron chi connectivity index (χ1n) is 6.61. The van der Waals surface area contributed by atoms with Crippen LogP contribution in [0.1, 0.15) is 38.5 Å². The van der Waals surface area contributed by atoms with E-state index in [-0.39, 0.29) is 12.3 Å². The molecule has 0 amide bonds. The molecule has 1 atom stereocenters. The average Bonchev–Trinajstić information content (AvgIpc) is 2.99. The molecule has 0 aromatic heterocycles. The highest BCUT2D eigenvalue weighted by Gasteiger charge is 2.33. The maximum absolute atomic E-state index is 12.1. The smallest absolute Gasteiger partial charge is 0.214 e. The van der Waals surface area contributed by atoms with Crippen LogP contribution in [0, 0.1) is 11.8 Å². The summed E-state index contributed by atoms with van der Waals surface area (Å²) in [6.07, 6.45) is 6.01. The summed E-state index contributed by atoms with van der Waals surface area (Å²) in [5.74, 6) is 0.931. The van der Waals surface area contributed by atoms with Crippen LogP contribution in [0.25, 0.3) is 0 Å². The zero-order chi connectivity index (χ0) is 12.5. The molecule has 2 aliphatic carbocycles. The predicted molar refractivity (Wildman–Crippen MR) is 67.1 cm³/mol. The Labute approximate surface area is 104 Å². The second-order valence-corrected chi connectivity index (χ2v) is 7.73. The van der Waals surface area contributed by atoms with E-state index in [1.807, 2.05) is 0 Å². The third-order valence-electron chi connectivity index (χ3n) is 4.01. The Kier molecular flexibility index (Phi) is 4.10. The minimum Gasteiger partial charge on any atom is -0.391 e. The Morgan fingerprint density at radius 2 is 1.82 bits per heavy atom. The Hall–Kier alpha value is -0.130. The number of hydrogen-bond donors (Lipinski definition) is 1. The third-order valence-corrected chi connectivity index (χ3v) is 6.00. The summed E-state index contributed by atoms with van der Waals surface area (Å²) in [5, 5.41) is 9.78. The normalized spacial score (nSPS) is 24.4. The molecule has 1 unspecified atom stereocenters. The summed E-state index contributed by atoms with van der Waals surface area (Å²) < 4.78 is 25.5. The fourth-order valence-corrected chi connectivity index (χ4v) is 4.17. The molecule has 2 rings (SSSR count). The highest BCUT2D eigenvalue weighted by molar-refractivity contribution is 7.89. The molecule has 2 aliphatic rings. The molecule has 4 nitrogen and oxygen atoms in total. The van der Waals surface area contributed by atoms with Gasteiger partial charge in [-0.2, -0.15) is 0 Å². The van der Waals surface area contributed by atoms with Crippen molar-refractivity contribution in [3.05, 3.63) is 0 Å². The summed E-state index contributed by atoms with van der Waals surface area (Å²) in [6, 6.07) is 0. The number of rotatable bonds is 6. The van der Waals surface area contributed by atoms with E-state index < -0.39 is 16.1 Å². The largest absolute Gasteiger partial charge is 0.391 e. The standard InChI is InChI=1S/C12H23NO3S/c1-13(8-12(14)11-6-7-11)17(15,16)9-10-4-2-3-5-10/h10-12,14H,2-9H2,1H3. The number of aliphatic hydroxyl groups is 1. The molecule has 1 N–H and O–H groups in total. The van der Waals surface area contributed by atoms with Gasteiger partial charge in [0.25, 0.3) is 0 Å². The molecular formula is C12H23NO3S. The highest BCUT2D eigenvalue weighted by atomic mass is 32.2. The van der Waals surface area contributed by atoms with Crippen LogP contribution in [0.15, 0.2) is 0 Å². The minimum absolute atomic E-state index is 0.264. The summed E-state index contributed by atoms with van der Waals surface area (Å²) in [5.41, 5.74) is 0. The number of hydrogen-bond acceptors (Lipinski definition) is 3. The second-order valence-electron chi connectivity index (χ2n) is 5.61. The van der Waals surface area contributed by atoms with Crippen LogP contribution in [-0.4, -0.2) is 43.3 Å². The summed E-state index contributed by atoms with van der Waals surface area (Å²) in [4.78, 5) is 0. The molecule has 0 aromatic rings. The van der Waals surface area contributed by atoms with E-state index in [9.17, 15) is 13.5 Å². The first-order valence-corrected chi connectivity index (χ1v) is 8.22. The van der Waals surface area contributed by atoms with Crippen molar-refractivity contribution < 1.29 is 13.5 Å². The molecule has 0 heterocycles. The average molecular weight is 261 g/mol. The maximum Gasteiger partial charge on any atom is 0.214 e. The lowest BCUT2D eigenvalue weighted by Gasteiger charge is -2.22. The van der Waals surface area contributed by atoms with Crippen LogP contribution in [0.2, 0.25) is 0 Å². The molecular weight excluding hydrogens is 238 g/mol. The van der Waals surface area contributed by atoms with Crippen molar-refractivity contribution in [2.24, 2.45) is 11.8 Å². The van der Waals surface area contributed by atoms with E-state index in [1.165, 1.54) is 4.31 Å². The molecule has 0 spiro atoms. The molecule has 0 aromatic carbocycles. The third kappa shape index (κ3) is 3.66. The van der Waals surface area contributed by atoms with Crippen LogP contribution >= 0.6 is 0 Å². The summed E-state index contributed by atoms with van der Waals surface area (Å²) in [7, 11) is -1.58. The van der Waals surface area contributed by atoms with Gasteiger partial charge in [-0.1, -0.05) is 12.8 Å². The molecule has 0 aliphatic heterocycles. The molecule has 0 radical (unpaired) electrons. The van der Waals surface area contributed by atoms with Crippen molar-refractivity contribution in [1.82, 2.24) is 4.31 Å². The monoisotopic (exact) mass is 261 g/mol. The van der Waals surface area contributed by atoms with Crippen LogP contribution in [0.4, 0.5) is 0 Å².